The van der Waals surface area contributed by atoms with Gasteiger partial charge in [-0.15, -0.1) is 24.0 Å². The molecule has 1 aromatic carbocycles. The number of nitrogens with two attached hydrogens (primary N) is 1. The molecule has 1 aliphatic heterocycles. The second kappa shape index (κ2) is 9.84. The van der Waals surface area contributed by atoms with E-state index in [-0.39, 0.29) is 29.4 Å². The topological polar surface area (TPSA) is 50.8 Å². The number of benzene rings is 1. The summed E-state index contributed by atoms with van der Waals surface area (Å²) in [6, 6.07) is 8.59. The van der Waals surface area contributed by atoms with Crippen molar-refractivity contribution in [2.24, 2.45) is 10.7 Å². The largest absolute Gasteiger partial charge is 0.381 e. The molecule has 1 heterocycles. The second-order valence-corrected chi connectivity index (χ2v) is 6.66. The van der Waals surface area contributed by atoms with E-state index in [0.717, 1.165) is 50.2 Å². The summed E-state index contributed by atoms with van der Waals surface area (Å²) < 4.78 is 6.67. The number of nitrogens with zero attached hydrogens (tertiary/aromatic N) is 2. The first kappa shape index (κ1) is 20.7. The fraction of sp³-hybridized carbons (Fsp3) is 0.588. The van der Waals surface area contributed by atoms with E-state index >= 15 is 0 Å². The lowest BCUT2D eigenvalue weighted by molar-refractivity contribution is 0.0530. The maximum atomic E-state index is 6.15. The van der Waals surface area contributed by atoms with Crippen LogP contribution in [0.3, 0.4) is 0 Å². The Labute approximate surface area is 165 Å². The van der Waals surface area contributed by atoms with Crippen LogP contribution in [-0.2, 0) is 10.2 Å². The predicted octanol–water partition coefficient (Wildman–Crippen LogP) is 3.77. The molecule has 0 bridgehead atoms. The molecule has 23 heavy (non-hydrogen) atoms. The Bertz CT molecular complexity index is 497. The molecule has 1 saturated heterocycles. The maximum Gasteiger partial charge on any atom is 0.191 e. The zero-order valence-electron chi connectivity index (χ0n) is 13.9. The van der Waals surface area contributed by atoms with Crippen molar-refractivity contribution >= 4 is 45.9 Å². The van der Waals surface area contributed by atoms with Gasteiger partial charge in [-0.25, -0.2) is 0 Å². The first-order valence-corrected chi connectivity index (χ1v) is 8.79. The van der Waals surface area contributed by atoms with E-state index in [1.54, 1.807) is 0 Å². The van der Waals surface area contributed by atoms with E-state index in [1.807, 2.05) is 0 Å². The summed E-state index contributed by atoms with van der Waals surface area (Å²) in [6.45, 7) is 8.28. The van der Waals surface area contributed by atoms with Crippen LogP contribution in [0.1, 0.15) is 32.3 Å². The molecule has 130 valence electrons. The molecule has 0 radical (unpaired) electrons. The molecular weight excluding hydrogens is 469 g/mol. The minimum absolute atomic E-state index is 0. The highest BCUT2D eigenvalue weighted by Crippen LogP contribution is 2.35. The molecule has 2 rings (SSSR count). The van der Waals surface area contributed by atoms with E-state index in [2.05, 4.69) is 58.9 Å². The molecule has 2 N–H and O–H groups in total. The smallest absolute Gasteiger partial charge is 0.191 e. The number of hydrogen-bond donors (Lipinski definition) is 1. The van der Waals surface area contributed by atoms with E-state index in [1.165, 1.54) is 5.56 Å². The Balaban J connectivity index is 0.00000264. The molecule has 0 saturated carbocycles. The van der Waals surface area contributed by atoms with Crippen LogP contribution in [0, 0.1) is 0 Å². The Morgan fingerprint density at radius 2 is 1.78 bits per heavy atom. The Morgan fingerprint density at radius 3 is 2.30 bits per heavy atom. The Morgan fingerprint density at radius 1 is 1.22 bits per heavy atom. The summed E-state index contributed by atoms with van der Waals surface area (Å²) in [7, 11) is 0. The van der Waals surface area contributed by atoms with Crippen molar-refractivity contribution in [3.05, 3.63) is 34.3 Å². The van der Waals surface area contributed by atoms with Crippen LogP contribution in [0.5, 0.6) is 0 Å². The highest BCUT2D eigenvalue weighted by atomic mass is 127. The van der Waals surface area contributed by atoms with Gasteiger partial charge in [0.25, 0.3) is 0 Å². The number of ether oxygens (including phenoxy) is 1. The third-order valence-electron chi connectivity index (χ3n) is 4.54. The molecule has 4 nitrogen and oxygen atoms in total. The molecule has 1 fully saturated rings. The fourth-order valence-electron chi connectivity index (χ4n) is 2.98. The van der Waals surface area contributed by atoms with Gasteiger partial charge in [0.1, 0.15) is 0 Å². The third kappa shape index (κ3) is 5.32. The molecule has 0 aliphatic carbocycles. The molecule has 0 spiro atoms. The van der Waals surface area contributed by atoms with E-state index in [9.17, 15) is 0 Å². The standard InChI is InChI=1S/C17H26BrN3O.HI/c1-3-21(4-2)16(19)20-13-17(9-11-22-12-10-17)14-5-7-15(18)8-6-14;/h5-8H,3-4,9-13H2,1-2H3,(H2,19,20);1H. The second-order valence-electron chi connectivity index (χ2n) is 5.75. The lowest BCUT2D eigenvalue weighted by Crippen LogP contribution is -2.41. The lowest BCUT2D eigenvalue weighted by Gasteiger charge is -2.37. The van der Waals surface area contributed by atoms with E-state index in [4.69, 9.17) is 15.5 Å². The van der Waals surface area contributed by atoms with Gasteiger partial charge >= 0.3 is 0 Å². The monoisotopic (exact) mass is 495 g/mol. The zero-order valence-corrected chi connectivity index (χ0v) is 17.8. The van der Waals surface area contributed by atoms with Gasteiger partial charge < -0.3 is 15.4 Å². The number of hydrogen-bond acceptors (Lipinski definition) is 2. The van der Waals surface area contributed by atoms with Gasteiger partial charge in [0.05, 0.1) is 6.54 Å². The van der Waals surface area contributed by atoms with Crippen molar-refractivity contribution in [1.29, 1.82) is 0 Å². The molecule has 1 aliphatic rings. The summed E-state index contributed by atoms with van der Waals surface area (Å²) in [5.74, 6) is 0.646. The highest BCUT2D eigenvalue weighted by Gasteiger charge is 2.34. The van der Waals surface area contributed by atoms with Crippen LogP contribution in [0.25, 0.3) is 0 Å². The lowest BCUT2D eigenvalue weighted by atomic mass is 9.74. The average molecular weight is 496 g/mol. The normalized spacial score (nSPS) is 17.4. The third-order valence-corrected chi connectivity index (χ3v) is 5.07. The van der Waals surface area contributed by atoms with Crippen LogP contribution in [0.2, 0.25) is 0 Å². The van der Waals surface area contributed by atoms with Gasteiger partial charge in [0.2, 0.25) is 0 Å². The van der Waals surface area contributed by atoms with Crippen molar-refractivity contribution < 1.29 is 4.74 Å². The highest BCUT2D eigenvalue weighted by molar-refractivity contribution is 14.0. The summed E-state index contributed by atoms with van der Waals surface area (Å²) in [6.07, 6.45) is 1.98. The van der Waals surface area contributed by atoms with Gasteiger partial charge in [-0.05, 0) is 44.4 Å². The van der Waals surface area contributed by atoms with Crippen LogP contribution >= 0.6 is 39.9 Å². The molecule has 6 heteroatoms. The number of rotatable bonds is 5. The first-order valence-electron chi connectivity index (χ1n) is 8.00. The van der Waals surface area contributed by atoms with Crippen LogP contribution in [0.4, 0.5) is 0 Å². The minimum atomic E-state index is 0. The Kier molecular flexibility index (Phi) is 8.85. The first-order chi connectivity index (χ1) is 10.6. The SMILES string of the molecule is CCN(CC)C(N)=NCC1(c2ccc(Br)cc2)CCOCC1.I. The summed E-state index contributed by atoms with van der Waals surface area (Å²) in [5.41, 5.74) is 7.52. The van der Waals surface area contributed by atoms with Crippen molar-refractivity contribution in [3.8, 4) is 0 Å². The number of halogens is 2. The number of aliphatic imine (C=N–C) groups is 1. The van der Waals surface area contributed by atoms with Gasteiger partial charge in [0.15, 0.2) is 5.96 Å². The van der Waals surface area contributed by atoms with Crippen molar-refractivity contribution in [3.63, 3.8) is 0 Å². The van der Waals surface area contributed by atoms with Crippen molar-refractivity contribution in [2.75, 3.05) is 32.8 Å². The minimum Gasteiger partial charge on any atom is -0.381 e. The molecule has 0 amide bonds. The van der Waals surface area contributed by atoms with Crippen molar-refractivity contribution in [2.45, 2.75) is 32.1 Å². The van der Waals surface area contributed by atoms with Crippen LogP contribution in [0.15, 0.2) is 33.7 Å². The zero-order chi connectivity index (χ0) is 16.0. The van der Waals surface area contributed by atoms with Crippen LogP contribution in [-0.4, -0.2) is 43.7 Å². The summed E-state index contributed by atoms with van der Waals surface area (Å²) in [4.78, 5) is 6.81. The predicted molar refractivity (Wildman–Crippen MR) is 111 cm³/mol. The van der Waals surface area contributed by atoms with Gasteiger partial charge in [-0.1, -0.05) is 28.1 Å². The van der Waals surface area contributed by atoms with Gasteiger partial charge in [-0.2, -0.15) is 0 Å². The van der Waals surface area contributed by atoms with Crippen LogP contribution < -0.4 is 5.73 Å². The average Bonchev–Trinajstić information content (AvgIpc) is 2.55. The maximum absolute atomic E-state index is 6.15. The molecule has 1 aromatic rings. The number of guanidine groups is 1. The molecular formula is C17H27BrIN3O. The summed E-state index contributed by atoms with van der Waals surface area (Å²) >= 11 is 3.51. The van der Waals surface area contributed by atoms with Gasteiger partial charge in [-0.3, -0.25) is 4.99 Å². The summed E-state index contributed by atoms with van der Waals surface area (Å²) in [5, 5.41) is 0. The fourth-order valence-corrected chi connectivity index (χ4v) is 3.25. The Hall–Kier alpha value is -0.340. The van der Waals surface area contributed by atoms with E-state index in [0.29, 0.717) is 5.96 Å². The molecule has 0 atom stereocenters. The molecule has 0 unspecified atom stereocenters. The van der Waals surface area contributed by atoms with Gasteiger partial charge in [0, 0.05) is 36.2 Å². The molecule has 0 aromatic heterocycles. The van der Waals surface area contributed by atoms with E-state index < -0.39 is 0 Å². The van der Waals surface area contributed by atoms with Crippen molar-refractivity contribution in [1.82, 2.24) is 4.90 Å². The quantitative estimate of drug-likeness (QED) is 0.384.